The average Bonchev–Trinajstić information content (AvgIpc) is 2.99. The van der Waals surface area contributed by atoms with Crippen LogP contribution in [0.15, 0.2) is 0 Å². The lowest BCUT2D eigenvalue weighted by Gasteiger charge is -2.23. The van der Waals surface area contributed by atoms with Crippen LogP contribution in [-0.2, 0) is 0 Å². The van der Waals surface area contributed by atoms with E-state index < -0.39 is 0 Å². The summed E-state index contributed by atoms with van der Waals surface area (Å²) in [6.07, 6.45) is 7.07. The summed E-state index contributed by atoms with van der Waals surface area (Å²) in [5, 5.41) is 3.73. The van der Waals surface area contributed by atoms with Crippen molar-refractivity contribution in [2.45, 2.75) is 44.2 Å². The van der Waals surface area contributed by atoms with Gasteiger partial charge in [-0.2, -0.15) is 0 Å². The highest BCUT2D eigenvalue weighted by Gasteiger charge is 2.31. The minimum absolute atomic E-state index is 0. The van der Waals surface area contributed by atoms with Gasteiger partial charge in [0, 0.05) is 25.2 Å². The maximum absolute atomic E-state index is 3.73. The predicted molar refractivity (Wildman–Crippen MR) is 73.9 cm³/mol. The van der Waals surface area contributed by atoms with Crippen LogP contribution < -0.4 is 5.32 Å². The Morgan fingerprint density at radius 1 is 0.941 bits per heavy atom. The number of halogens is 1. The fraction of sp³-hybridized carbons (Fsp3) is 1.00. The Morgan fingerprint density at radius 3 is 2.29 bits per heavy atom. The SMILES string of the molecule is C1CCN(C[C@@H]2C[C@H](N3CCCC3)CN2)C1.Cl. The molecule has 0 amide bonds. The van der Waals surface area contributed by atoms with Crippen molar-refractivity contribution in [2.24, 2.45) is 0 Å². The maximum Gasteiger partial charge on any atom is 0.0236 e. The lowest BCUT2D eigenvalue weighted by Crippen LogP contribution is -2.35. The van der Waals surface area contributed by atoms with Gasteiger partial charge in [-0.3, -0.25) is 4.90 Å². The molecule has 0 aromatic heterocycles. The standard InChI is InChI=1S/C13H25N3.ClH/c1-2-6-15(5-1)11-12-9-13(10-14-12)16-7-3-4-8-16;/h12-14H,1-11H2;1H/t12-,13-;/m0./s1. The lowest BCUT2D eigenvalue weighted by molar-refractivity contribution is 0.247. The van der Waals surface area contributed by atoms with Crippen LogP contribution in [0.2, 0.25) is 0 Å². The zero-order chi connectivity index (χ0) is 10.8. The monoisotopic (exact) mass is 259 g/mol. The van der Waals surface area contributed by atoms with Crippen molar-refractivity contribution in [1.29, 1.82) is 0 Å². The summed E-state index contributed by atoms with van der Waals surface area (Å²) in [7, 11) is 0. The summed E-state index contributed by atoms with van der Waals surface area (Å²) < 4.78 is 0. The predicted octanol–water partition coefficient (Wildman–Crippen LogP) is 1.33. The molecule has 3 aliphatic heterocycles. The Labute approximate surface area is 111 Å². The third-order valence-corrected chi connectivity index (χ3v) is 4.53. The third kappa shape index (κ3) is 3.34. The Bertz CT molecular complexity index is 225. The summed E-state index contributed by atoms with van der Waals surface area (Å²) in [5.41, 5.74) is 0. The van der Waals surface area contributed by atoms with Crippen molar-refractivity contribution in [3.05, 3.63) is 0 Å². The highest BCUT2D eigenvalue weighted by Crippen LogP contribution is 2.20. The van der Waals surface area contributed by atoms with E-state index in [-0.39, 0.29) is 12.4 Å². The van der Waals surface area contributed by atoms with E-state index in [1.54, 1.807) is 0 Å². The fourth-order valence-corrected chi connectivity index (χ4v) is 3.60. The van der Waals surface area contributed by atoms with Crippen molar-refractivity contribution in [3.8, 4) is 0 Å². The normalized spacial score (nSPS) is 35.3. The van der Waals surface area contributed by atoms with E-state index in [9.17, 15) is 0 Å². The molecule has 17 heavy (non-hydrogen) atoms. The average molecular weight is 260 g/mol. The fourth-order valence-electron chi connectivity index (χ4n) is 3.60. The molecule has 2 atom stereocenters. The molecule has 3 heterocycles. The largest absolute Gasteiger partial charge is 0.311 e. The van der Waals surface area contributed by atoms with Gasteiger partial charge in [0.15, 0.2) is 0 Å². The number of hydrogen-bond acceptors (Lipinski definition) is 3. The zero-order valence-corrected chi connectivity index (χ0v) is 11.6. The van der Waals surface area contributed by atoms with Gasteiger partial charge in [0.05, 0.1) is 0 Å². The number of nitrogens with one attached hydrogen (secondary N) is 1. The minimum atomic E-state index is 0. The molecule has 1 N–H and O–H groups in total. The molecule has 0 saturated carbocycles. The molecular weight excluding hydrogens is 234 g/mol. The van der Waals surface area contributed by atoms with E-state index in [1.165, 1.54) is 71.4 Å². The Balaban J connectivity index is 0.00000108. The van der Waals surface area contributed by atoms with Crippen LogP contribution in [0.4, 0.5) is 0 Å². The highest BCUT2D eigenvalue weighted by molar-refractivity contribution is 5.85. The molecule has 0 bridgehead atoms. The van der Waals surface area contributed by atoms with Gasteiger partial charge in [0.25, 0.3) is 0 Å². The van der Waals surface area contributed by atoms with Gasteiger partial charge in [0.1, 0.15) is 0 Å². The lowest BCUT2D eigenvalue weighted by atomic mass is 10.1. The van der Waals surface area contributed by atoms with Gasteiger partial charge in [-0.25, -0.2) is 0 Å². The third-order valence-electron chi connectivity index (χ3n) is 4.53. The zero-order valence-electron chi connectivity index (χ0n) is 10.7. The van der Waals surface area contributed by atoms with E-state index in [0.29, 0.717) is 0 Å². The van der Waals surface area contributed by atoms with Crippen LogP contribution in [0.3, 0.4) is 0 Å². The van der Waals surface area contributed by atoms with E-state index in [4.69, 9.17) is 0 Å². The number of hydrogen-bond donors (Lipinski definition) is 1. The van der Waals surface area contributed by atoms with E-state index in [0.717, 1.165) is 12.1 Å². The second kappa shape index (κ2) is 6.37. The molecule has 3 nitrogen and oxygen atoms in total. The number of likely N-dealkylation sites (tertiary alicyclic amines) is 2. The molecule has 3 fully saturated rings. The smallest absolute Gasteiger partial charge is 0.0236 e. The summed E-state index contributed by atoms with van der Waals surface area (Å²) in [6, 6.07) is 1.61. The number of nitrogens with zero attached hydrogens (tertiary/aromatic N) is 2. The summed E-state index contributed by atoms with van der Waals surface area (Å²) in [5.74, 6) is 0. The quantitative estimate of drug-likeness (QED) is 0.825. The van der Waals surface area contributed by atoms with E-state index in [1.807, 2.05) is 0 Å². The second-order valence-corrected chi connectivity index (χ2v) is 5.75. The maximum atomic E-state index is 3.73. The topological polar surface area (TPSA) is 18.5 Å². The first kappa shape index (κ1) is 13.6. The Morgan fingerprint density at radius 2 is 1.59 bits per heavy atom. The molecule has 0 aliphatic carbocycles. The molecule has 4 heteroatoms. The molecule has 100 valence electrons. The van der Waals surface area contributed by atoms with Gasteiger partial charge < -0.3 is 10.2 Å². The summed E-state index contributed by atoms with van der Waals surface area (Å²) in [6.45, 7) is 7.91. The van der Waals surface area contributed by atoms with Crippen LogP contribution >= 0.6 is 12.4 Å². The first-order valence-corrected chi connectivity index (χ1v) is 7.11. The van der Waals surface area contributed by atoms with Gasteiger partial charge in [-0.05, 0) is 58.3 Å². The molecule has 3 rings (SSSR count). The van der Waals surface area contributed by atoms with Gasteiger partial charge in [-0.1, -0.05) is 0 Å². The van der Waals surface area contributed by atoms with Crippen LogP contribution in [0.25, 0.3) is 0 Å². The first-order chi connectivity index (χ1) is 7.92. The molecular formula is C13H26ClN3. The van der Waals surface area contributed by atoms with Crippen molar-refractivity contribution >= 4 is 12.4 Å². The van der Waals surface area contributed by atoms with E-state index >= 15 is 0 Å². The molecule has 0 unspecified atom stereocenters. The highest BCUT2D eigenvalue weighted by atomic mass is 35.5. The van der Waals surface area contributed by atoms with Crippen LogP contribution in [0, 0.1) is 0 Å². The minimum Gasteiger partial charge on any atom is -0.311 e. The second-order valence-electron chi connectivity index (χ2n) is 5.75. The van der Waals surface area contributed by atoms with Crippen LogP contribution in [0.5, 0.6) is 0 Å². The van der Waals surface area contributed by atoms with Crippen LogP contribution in [-0.4, -0.2) is 61.2 Å². The van der Waals surface area contributed by atoms with E-state index in [2.05, 4.69) is 15.1 Å². The van der Waals surface area contributed by atoms with Crippen molar-refractivity contribution in [2.75, 3.05) is 39.3 Å². The van der Waals surface area contributed by atoms with Crippen molar-refractivity contribution in [3.63, 3.8) is 0 Å². The molecule has 0 radical (unpaired) electrons. The Hall–Kier alpha value is 0.170. The van der Waals surface area contributed by atoms with Gasteiger partial charge in [-0.15, -0.1) is 12.4 Å². The van der Waals surface area contributed by atoms with Gasteiger partial charge >= 0.3 is 0 Å². The van der Waals surface area contributed by atoms with Gasteiger partial charge in [0.2, 0.25) is 0 Å². The molecule has 3 saturated heterocycles. The summed E-state index contributed by atoms with van der Waals surface area (Å²) in [4.78, 5) is 5.35. The number of rotatable bonds is 3. The van der Waals surface area contributed by atoms with Crippen molar-refractivity contribution < 1.29 is 0 Å². The van der Waals surface area contributed by atoms with Crippen molar-refractivity contribution in [1.82, 2.24) is 15.1 Å². The Kier molecular flexibility index (Phi) is 5.10. The molecule has 0 aromatic rings. The molecule has 3 aliphatic rings. The first-order valence-electron chi connectivity index (χ1n) is 7.11. The molecule has 0 spiro atoms. The summed E-state index contributed by atoms with van der Waals surface area (Å²) >= 11 is 0. The molecule has 0 aromatic carbocycles. The van der Waals surface area contributed by atoms with Crippen LogP contribution in [0.1, 0.15) is 32.1 Å².